The first kappa shape index (κ1) is 20.6. The van der Waals surface area contributed by atoms with Crippen molar-refractivity contribution in [3.8, 4) is 0 Å². The summed E-state index contributed by atoms with van der Waals surface area (Å²) < 4.78 is 1.15. The lowest BCUT2D eigenvalue weighted by Gasteiger charge is -2.44. The first-order chi connectivity index (χ1) is 13.4. The molecule has 2 saturated carbocycles. The monoisotopic (exact) mass is 425 g/mol. The fourth-order valence-corrected chi connectivity index (χ4v) is 7.52. The fourth-order valence-electron chi connectivity index (χ4n) is 5.24. The van der Waals surface area contributed by atoms with Gasteiger partial charge in [0.1, 0.15) is 4.34 Å². The molecule has 3 aliphatic rings. The molecule has 28 heavy (non-hydrogen) atoms. The molecule has 1 amide bonds. The van der Waals surface area contributed by atoms with E-state index in [-0.39, 0.29) is 35.6 Å². The molecule has 1 saturated heterocycles. The van der Waals surface area contributed by atoms with E-state index in [1.807, 2.05) is 25.6 Å². The second-order valence-electron chi connectivity index (χ2n) is 8.71. The number of hydrogen-bond donors (Lipinski definition) is 4. The smallest absolute Gasteiger partial charge is 0.224 e. The second kappa shape index (κ2) is 8.60. The summed E-state index contributed by atoms with van der Waals surface area (Å²) in [6, 6.07) is 0.214. The molecule has 4 N–H and O–H groups in total. The van der Waals surface area contributed by atoms with Gasteiger partial charge < -0.3 is 20.8 Å². The van der Waals surface area contributed by atoms with Gasteiger partial charge >= 0.3 is 0 Å². The molecule has 1 aliphatic heterocycles. The maximum Gasteiger partial charge on any atom is 0.224 e. The van der Waals surface area contributed by atoms with Gasteiger partial charge in [-0.05, 0) is 51.0 Å². The van der Waals surface area contributed by atoms with E-state index in [0.717, 1.165) is 42.3 Å². The molecule has 1 aromatic heterocycles. The van der Waals surface area contributed by atoms with Gasteiger partial charge in [0.05, 0.1) is 12.2 Å². The highest BCUT2D eigenvalue weighted by Gasteiger charge is 2.52. The summed E-state index contributed by atoms with van der Waals surface area (Å²) >= 11 is 3.59. The number of hydrogen-bond acceptors (Lipinski definition) is 7. The highest BCUT2D eigenvalue weighted by Crippen LogP contribution is 2.42. The molecule has 0 radical (unpaired) electrons. The zero-order valence-corrected chi connectivity index (χ0v) is 18.1. The summed E-state index contributed by atoms with van der Waals surface area (Å²) in [6.07, 6.45) is 2.60. The largest absolute Gasteiger partial charge is 0.390 e. The van der Waals surface area contributed by atoms with Crippen molar-refractivity contribution in [1.82, 2.24) is 15.6 Å². The van der Waals surface area contributed by atoms with Gasteiger partial charge in [-0.3, -0.25) is 4.79 Å². The lowest BCUT2D eigenvalue weighted by atomic mass is 9.65. The number of thiazole rings is 1. The minimum absolute atomic E-state index is 0.0316. The predicted molar refractivity (Wildman–Crippen MR) is 111 cm³/mol. The molecule has 8 heteroatoms. The van der Waals surface area contributed by atoms with Gasteiger partial charge in [0.15, 0.2) is 0 Å². The first-order valence-electron chi connectivity index (χ1n) is 10.4. The number of nitrogens with zero attached hydrogens (tertiary/aromatic N) is 1. The number of fused-ring (bicyclic) bond motifs is 1. The molecule has 4 rings (SSSR count). The quantitative estimate of drug-likeness (QED) is 0.588. The van der Waals surface area contributed by atoms with Gasteiger partial charge in [-0.15, -0.1) is 11.3 Å². The Bertz CT molecular complexity index is 692. The van der Waals surface area contributed by atoms with Crippen molar-refractivity contribution >= 4 is 29.0 Å². The number of thioether (sulfide) groups is 1. The van der Waals surface area contributed by atoms with Crippen LogP contribution in [-0.4, -0.2) is 57.7 Å². The highest BCUT2D eigenvalue weighted by molar-refractivity contribution is 8.01. The van der Waals surface area contributed by atoms with Gasteiger partial charge in [0.25, 0.3) is 0 Å². The molecule has 0 spiro atoms. The van der Waals surface area contributed by atoms with Crippen molar-refractivity contribution in [1.29, 1.82) is 0 Å². The van der Waals surface area contributed by atoms with E-state index in [0.29, 0.717) is 11.8 Å². The van der Waals surface area contributed by atoms with Crippen molar-refractivity contribution in [2.45, 2.75) is 67.4 Å². The first-order valence-corrected chi connectivity index (χ1v) is 12.2. The van der Waals surface area contributed by atoms with E-state index >= 15 is 0 Å². The number of carbonyl (C=O) groups is 1. The van der Waals surface area contributed by atoms with Crippen LogP contribution in [0.1, 0.15) is 38.3 Å². The average molecular weight is 426 g/mol. The van der Waals surface area contributed by atoms with Crippen LogP contribution in [0.4, 0.5) is 0 Å². The molecule has 3 fully saturated rings. The maximum absolute atomic E-state index is 13.1. The van der Waals surface area contributed by atoms with E-state index in [9.17, 15) is 15.0 Å². The SMILES string of the molecule is Cc1csc(SC2CCC(NC(=O)[C@H]3[C@@H](C)[C@H](O)[C@@H](O)[C@H]4CNC[C@@H]43)CC2)n1. The Morgan fingerprint density at radius 3 is 2.61 bits per heavy atom. The van der Waals surface area contributed by atoms with Gasteiger partial charge in [0.2, 0.25) is 5.91 Å². The molecule has 2 aliphatic carbocycles. The maximum atomic E-state index is 13.1. The van der Waals surface area contributed by atoms with Crippen molar-refractivity contribution in [3.05, 3.63) is 11.1 Å². The molecule has 6 atom stereocenters. The highest BCUT2D eigenvalue weighted by atomic mass is 32.2. The minimum atomic E-state index is -0.828. The molecule has 1 aromatic rings. The average Bonchev–Trinajstić information content (AvgIpc) is 3.31. The zero-order chi connectivity index (χ0) is 19.8. The van der Waals surface area contributed by atoms with E-state index < -0.39 is 12.2 Å². The number of aliphatic hydroxyl groups is 2. The third-order valence-corrected chi connectivity index (χ3v) is 9.28. The number of nitrogens with one attached hydrogen (secondary N) is 2. The number of aromatic nitrogens is 1. The summed E-state index contributed by atoms with van der Waals surface area (Å²) in [5.41, 5.74) is 1.09. The van der Waals surface area contributed by atoms with E-state index in [1.54, 1.807) is 11.3 Å². The third-order valence-electron chi connectivity index (χ3n) is 6.85. The van der Waals surface area contributed by atoms with Gasteiger partial charge in [-0.1, -0.05) is 18.7 Å². The van der Waals surface area contributed by atoms with Crippen LogP contribution in [0.3, 0.4) is 0 Å². The fraction of sp³-hybridized carbons (Fsp3) is 0.800. The Hall–Kier alpha value is -0.670. The molecular weight excluding hydrogens is 394 g/mol. The lowest BCUT2D eigenvalue weighted by molar-refractivity contribution is -0.146. The Kier molecular flexibility index (Phi) is 6.32. The Morgan fingerprint density at radius 2 is 1.93 bits per heavy atom. The van der Waals surface area contributed by atoms with Crippen LogP contribution < -0.4 is 10.6 Å². The van der Waals surface area contributed by atoms with Crippen LogP contribution in [0.2, 0.25) is 0 Å². The van der Waals surface area contributed by atoms with E-state index in [2.05, 4.69) is 21.0 Å². The molecular formula is C20H31N3O3S2. The van der Waals surface area contributed by atoms with Crippen LogP contribution in [0.25, 0.3) is 0 Å². The van der Waals surface area contributed by atoms with Crippen LogP contribution >= 0.6 is 23.1 Å². The van der Waals surface area contributed by atoms with E-state index in [4.69, 9.17) is 0 Å². The topological polar surface area (TPSA) is 94.5 Å². The molecule has 2 heterocycles. The van der Waals surface area contributed by atoms with Gasteiger partial charge in [0, 0.05) is 40.7 Å². The van der Waals surface area contributed by atoms with Crippen molar-refractivity contribution < 1.29 is 15.0 Å². The molecule has 0 unspecified atom stereocenters. The molecule has 0 aromatic carbocycles. The van der Waals surface area contributed by atoms with Crippen LogP contribution in [0, 0.1) is 30.6 Å². The molecule has 6 nitrogen and oxygen atoms in total. The van der Waals surface area contributed by atoms with Crippen molar-refractivity contribution in [2.75, 3.05) is 13.1 Å². The van der Waals surface area contributed by atoms with Crippen LogP contribution in [-0.2, 0) is 4.79 Å². The summed E-state index contributed by atoms with van der Waals surface area (Å²) in [5.74, 6) is -0.326. The van der Waals surface area contributed by atoms with Crippen molar-refractivity contribution in [2.24, 2.45) is 23.7 Å². The second-order valence-corrected chi connectivity index (χ2v) is 11.1. The third kappa shape index (κ3) is 4.12. The Balaban J connectivity index is 1.31. The minimum Gasteiger partial charge on any atom is -0.390 e. The lowest BCUT2D eigenvalue weighted by Crippen LogP contribution is -2.56. The standard InChI is InChI=1S/C20H31N3O3S2/c1-10-9-27-20(22-10)28-13-5-3-12(4-6-13)23-19(26)16-11(2)17(24)18(25)15-8-21-7-14(15)16/h9,11-18,21,24-25H,3-8H2,1-2H3,(H,23,26)/t11-,12?,13?,14+,15+,16+,17+,18+/m1/s1. The van der Waals surface area contributed by atoms with Gasteiger partial charge in [-0.2, -0.15) is 0 Å². The number of rotatable bonds is 4. The number of aryl methyl sites for hydroxylation is 1. The molecule has 156 valence electrons. The summed E-state index contributed by atoms with van der Waals surface area (Å²) in [7, 11) is 0. The Morgan fingerprint density at radius 1 is 1.21 bits per heavy atom. The summed E-state index contributed by atoms with van der Waals surface area (Å²) in [5, 5.41) is 30.0. The predicted octanol–water partition coefficient (Wildman–Crippen LogP) is 1.79. The Labute approximate surface area is 174 Å². The van der Waals surface area contributed by atoms with Crippen molar-refractivity contribution in [3.63, 3.8) is 0 Å². The summed E-state index contributed by atoms with van der Waals surface area (Å²) in [4.78, 5) is 17.6. The number of aliphatic hydroxyl groups excluding tert-OH is 2. The van der Waals surface area contributed by atoms with Gasteiger partial charge in [-0.25, -0.2) is 4.98 Å². The zero-order valence-electron chi connectivity index (χ0n) is 16.5. The van der Waals surface area contributed by atoms with Crippen LogP contribution in [0.15, 0.2) is 9.72 Å². The normalized spacial score (nSPS) is 40.9. The van der Waals surface area contributed by atoms with Crippen LogP contribution in [0.5, 0.6) is 0 Å². The summed E-state index contributed by atoms with van der Waals surface area (Å²) in [6.45, 7) is 5.35. The number of carbonyl (C=O) groups excluding carboxylic acids is 1. The number of amides is 1. The molecule has 0 bridgehead atoms. The van der Waals surface area contributed by atoms with E-state index in [1.165, 1.54) is 0 Å².